The van der Waals surface area contributed by atoms with Crippen LogP contribution >= 0.6 is 0 Å². The van der Waals surface area contributed by atoms with E-state index in [1.807, 2.05) is 0 Å². The van der Waals surface area contributed by atoms with Crippen LogP contribution in [0.15, 0.2) is 146 Å². The monoisotopic (exact) mass is 624 g/mol. The molecular formula is C44H64O2. The van der Waals surface area contributed by atoms with Gasteiger partial charge < -0.3 is 4.74 Å². The Morgan fingerprint density at radius 1 is 0.370 bits per heavy atom. The fourth-order valence-electron chi connectivity index (χ4n) is 3.94. The fraction of sp³-hybridized carbons (Fsp3) is 0.432. The molecule has 0 radical (unpaired) electrons. The number of carbonyl (C=O) groups is 1. The summed E-state index contributed by atoms with van der Waals surface area (Å²) in [6, 6.07) is 0. The first-order valence-corrected chi connectivity index (χ1v) is 17.8. The van der Waals surface area contributed by atoms with Gasteiger partial charge in [0.25, 0.3) is 0 Å². The van der Waals surface area contributed by atoms with Gasteiger partial charge in [0.1, 0.15) is 0 Å². The zero-order valence-electron chi connectivity index (χ0n) is 29.2. The van der Waals surface area contributed by atoms with Crippen LogP contribution in [0.5, 0.6) is 0 Å². The molecule has 0 atom stereocenters. The zero-order chi connectivity index (χ0) is 33.3. The van der Waals surface area contributed by atoms with Crippen LogP contribution in [0.3, 0.4) is 0 Å². The lowest BCUT2D eigenvalue weighted by Crippen LogP contribution is -2.04. The van der Waals surface area contributed by atoms with Crippen molar-refractivity contribution in [2.24, 2.45) is 0 Å². The number of rotatable bonds is 29. The van der Waals surface area contributed by atoms with Crippen LogP contribution in [0.2, 0.25) is 0 Å². The summed E-state index contributed by atoms with van der Waals surface area (Å²) in [5.41, 5.74) is 0. The Morgan fingerprint density at radius 2 is 0.630 bits per heavy atom. The summed E-state index contributed by atoms with van der Waals surface area (Å²) in [4.78, 5) is 11.9. The number of hydrogen-bond donors (Lipinski definition) is 0. The normalized spacial score (nSPS) is 13.5. The molecule has 0 aromatic rings. The number of unbranched alkanes of at least 4 members (excludes halogenated alkanes) is 1. The van der Waals surface area contributed by atoms with E-state index in [0.717, 1.165) is 96.3 Å². The SMILES string of the molecule is CC/C=C\C/C=C\C/C=C\C/C=C\C/C=C\C/C=C\CCCOC(=O)CC/C=C\C/C=C\C/C=C\C/C=C\C/C=C\C/C=C\CC. The lowest BCUT2D eigenvalue weighted by atomic mass is 10.2. The third kappa shape index (κ3) is 38.4. The molecular weight excluding hydrogens is 560 g/mol. The summed E-state index contributed by atoms with van der Waals surface area (Å²) >= 11 is 0. The molecule has 0 rings (SSSR count). The van der Waals surface area contributed by atoms with E-state index < -0.39 is 0 Å². The average molecular weight is 625 g/mol. The van der Waals surface area contributed by atoms with Crippen LogP contribution in [0.25, 0.3) is 0 Å². The molecule has 0 N–H and O–H groups in total. The Hall–Kier alpha value is -3.65. The Morgan fingerprint density at radius 3 is 0.935 bits per heavy atom. The molecule has 0 spiro atoms. The molecule has 2 heteroatoms. The fourth-order valence-corrected chi connectivity index (χ4v) is 3.94. The Kier molecular flexibility index (Phi) is 36.2. The van der Waals surface area contributed by atoms with Crippen LogP contribution in [-0.2, 0) is 9.53 Å². The third-order valence-corrected chi connectivity index (χ3v) is 6.49. The topological polar surface area (TPSA) is 26.3 Å². The highest BCUT2D eigenvalue weighted by molar-refractivity contribution is 5.69. The van der Waals surface area contributed by atoms with Crippen molar-refractivity contribution in [2.75, 3.05) is 6.61 Å². The van der Waals surface area contributed by atoms with Gasteiger partial charge in [-0.3, -0.25) is 4.79 Å². The summed E-state index contributed by atoms with van der Waals surface area (Å²) in [6.45, 7) is 4.81. The van der Waals surface area contributed by atoms with Crippen LogP contribution < -0.4 is 0 Å². The molecule has 0 aromatic carbocycles. The summed E-state index contributed by atoms with van der Waals surface area (Å²) in [7, 11) is 0. The van der Waals surface area contributed by atoms with Gasteiger partial charge in [0, 0.05) is 6.42 Å². The molecule has 0 bridgehead atoms. The molecule has 0 fully saturated rings. The van der Waals surface area contributed by atoms with Crippen molar-refractivity contribution >= 4 is 5.97 Å². The van der Waals surface area contributed by atoms with Crippen molar-refractivity contribution in [1.29, 1.82) is 0 Å². The van der Waals surface area contributed by atoms with E-state index >= 15 is 0 Å². The average Bonchev–Trinajstić information content (AvgIpc) is 3.06. The second kappa shape index (κ2) is 39.4. The molecule has 0 saturated heterocycles. The van der Waals surface area contributed by atoms with Crippen LogP contribution in [0, 0.1) is 0 Å². The molecule has 252 valence electrons. The zero-order valence-corrected chi connectivity index (χ0v) is 29.2. The number of carbonyl (C=O) groups excluding carboxylic acids is 1. The highest BCUT2D eigenvalue weighted by Crippen LogP contribution is 2.01. The molecule has 0 aliphatic heterocycles. The van der Waals surface area contributed by atoms with E-state index in [-0.39, 0.29) is 5.97 Å². The number of hydrogen-bond acceptors (Lipinski definition) is 2. The van der Waals surface area contributed by atoms with Crippen LogP contribution in [0.4, 0.5) is 0 Å². The number of ether oxygens (including phenoxy) is 1. The van der Waals surface area contributed by atoms with E-state index in [4.69, 9.17) is 4.74 Å². The van der Waals surface area contributed by atoms with Crippen LogP contribution in [-0.4, -0.2) is 12.6 Å². The number of esters is 1. The molecule has 0 amide bonds. The molecule has 0 unspecified atom stereocenters. The predicted octanol–water partition coefficient (Wildman–Crippen LogP) is 13.5. The highest BCUT2D eigenvalue weighted by atomic mass is 16.5. The van der Waals surface area contributed by atoms with Crippen molar-refractivity contribution < 1.29 is 9.53 Å². The Labute approximate surface area is 283 Å². The second-order valence-corrected chi connectivity index (χ2v) is 10.7. The van der Waals surface area contributed by atoms with Crippen LogP contribution in [0.1, 0.15) is 117 Å². The standard InChI is InChI=1S/C44H64O2/c1-3-5-7-9-11-13-15-17-19-21-23-25-27-29-31-33-35-37-39-41-43-46-44(45)42-40-38-36-34-32-30-28-26-24-22-20-18-16-14-12-10-8-6-4-2/h5-8,11-14,17-20,23-26,29-32,35-38H,3-4,9-10,15-16,21-22,27-28,33-34,39-43H2,1-2H3/b7-5-,8-6-,13-11-,14-12-,19-17-,20-18-,25-23-,26-24-,31-29-,32-30-,37-35-,38-36-. The van der Waals surface area contributed by atoms with E-state index in [1.54, 1.807) is 0 Å². The highest BCUT2D eigenvalue weighted by Gasteiger charge is 1.99. The van der Waals surface area contributed by atoms with Gasteiger partial charge in [0.2, 0.25) is 0 Å². The molecule has 2 nitrogen and oxygen atoms in total. The minimum Gasteiger partial charge on any atom is -0.466 e. The second-order valence-electron chi connectivity index (χ2n) is 10.7. The van der Waals surface area contributed by atoms with Crippen molar-refractivity contribution in [3.8, 4) is 0 Å². The molecule has 0 heterocycles. The van der Waals surface area contributed by atoms with E-state index in [0.29, 0.717) is 13.0 Å². The van der Waals surface area contributed by atoms with Gasteiger partial charge in [-0.1, -0.05) is 160 Å². The van der Waals surface area contributed by atoms with Gasteiger partial charge in [-0.05, 0) is 96.3 Å². The Balaban J connectivity index is 3.61. The first-order valence-electron chi connectivity index (χ1n) is 17.8. The largest absolute Gasteiger partial charge is 0.466 e. The molecule has 0 saturated carbocycles. The smallest absolute Gasteiger partial charge is 0.306 e. The maximum absolute atomic E-state index is 11.9. The molecule has 0 aromatic heterocycles. The van der Waals surface area contributed by atoms with E-state index in [9.17, 15) is 4.79 Å². The number of allylic oxidation sites excluding steroid dienone is 24. The summed E-state index contributed by atoms with van der Waals surface area (Å²) in [6.07, 6.45) is 67.7. The van der Waals surface area contributed by atoms with Gasteiger partial charge in [-0.25, -0.2) is 0 Å². The van der Waals surface area contributed by atoms with E-state index in [2.05, 4.69) is 160 Å². The van der Waals surface area contributed by atoms with Gasteiger partial charge >= 0.3 is 5.97 Å². The molecule has 0 aliphatic carbocycles. The molecule has 0 aliphatic rings. The summed E-state index contributed by atoms with van der Waals surface area (Å²) in [5.74, 6) is -0.109. The Bertz CT molecular complexity index is 1030. The third-order valence-electron chi connectivity index (χ3n) is 6.49. The van der Waals surface area contributed by atoms with Gasteiger partial charge in [0.05, 0.1) is 6.61 Å². The molecule has 46 heavy (non-hydrogen) atoms. The minimum absolute atomic E-state index is 0.109. The van der Waals surface area contributed by atoms with Gasteiger partial charge in [-0.2, -0.15) is 0 Å². The summed E-state index contributed by atoms with van der Waals surface area (Å²) < 4.78 is 5.35. The predicted molar refractivity (Wildman–Crippen MR) is 206 cm³/mol. The maximum Gasteiger partial charge on any atom is 0.306 e. The maximum atomic E-state index is 11.9. The van der Waals surface area contributed by atoms with Crippen molar-refractivity contribution in [3.63, 3.8) is 0 Å². The van der Waals surface area contributed by atoms with Gasteiger partial charge in [0.15, 0.2) is 0 Å². The summed E-state index contributed by atoms with van der Waals surface area (Å²) in [5, 5.41) is 0. The van der Waals surface area contributed by atoms with Crippen molar-refractivity contribution in [1.82, 2.24) is 0 Å². The first kappa shape index (κ1) is 42.3. The van der Waals surface area contributed by atoms with Crippen molar-refractivity contribution in [3.05, 3.63) is 146 Å². The van der Waals surface area contributed by atoms with E-state index in [1.165, 1.54) is 0 Å². The van der Waals surface area contributed by atoms with Crippen molar-refractivity contribution in [2.45, 2.75) is 117 Å². The first-order chi connectivity index (χ1) is 22.8. The minimum atomic E-state index is -0.109. The lowest BCUT2D eigenvalue weighted by Gasteiger charge is -2.02. The lowest BCUT2D eigenvalue weighted by molar-refractivity contribution is -0.143. The quantitative estimate of drug-likeness (QED) is 0.0470. The van der Waals surface area contributed by atoms with Gasteiger partial charge in [-0.15, -0.1) is 0 Å².